The van der Waals surface area contributed by atoms with Crippen LogP contribution in [0.15, 0.2) is 30.6 Å². The molecule has 1 fully saturated rings. The quantitative estimate of drug-likeness (QED) is 0.817. The maximum absolute atomic E-state index is 6.10. The van der Waals surface area contributed by atoms with E-state index in [2.05, 4.69) is 75.4 Å². The Balaban J connectivity index is 1.85. The molecule has 0 N–H and O–H groups in total. The molecule has 0 bridgehead atoms. The molecule has 5 heteroatoms. The van der Waals surface area contributed by atoms with Crippen molar-refractivity contribution in [3.63, 3.8) is 0 Å². The molecule has 122 valence electrons. The molecule has 1 aromatic heterocycles. The molecule has 2 aromatic rings. The van der Waals surface area contributed by atoms with Gasteiger partial charge in [-0.1, -0.05) is 19.1 Å². The van der Waals surface area contributed by atoms with E-state index in [9.17, 15) is 0 Å². The maximum atomic E-state index is 6.10. The number of nitrogens with zero attached hydrogens (tertiary/aromatic N) is 2. The lowest BCUT2D eigenvalue weighted by molar-refractivity contribution is 0.00578. The molecular formula is C18H25BN2O2. The first kappa shape index (κ1) is 16.3. The second-order valence-corrected chi connectivity index (χ2v) is 7.18. The van der Waals surface area contributed by atoms with Gasteiger partial charge in [-0.2, -0.15) is 0 Å². The lowest BCUT2D eigenvalue weighted by Gasteiger charge is -2.32. The SMILES string of the molecule is CCc1ncn(-c2ccc(B3OC(C)(C)C(C)(C)O3)cc2)c1C. The predicted molar refractivity (Wildman–Crippen MR) is 93.4 cm³/mol. The molecule has 0 unspecified atom stereocenters. The highest BCUT2D eigenvalue weighted by molar-refractivity contribution is 6.62. The molecule has 0 amide bonds. The number of imidazole rings is 1. The summed E-state index contributed by atoms with van der Waals surface area (Å²) in [6.07, 6.45) is 2.84. The first-order valence-corrected chi connectivity index (χ1v) is 8.24. The lowest BCUT2D eigenvalue weighted by atomic mass is 9.79. The summed E-state index contributed by atoms with van der Waals surface area (Å²) in [5.41, 5.74) is 3.85. The Hall–Kier alpha value is -1.59. The zero-order valence-corrected chi connectivity index (χ0v) is 14.9. The maximum Gasteiger partial charge on any atom is 0.494 e. The molecule has 1 aliphatic heterocycles. The molecule has 2 heterocycles. The van der Waals surface area contributed by atoms with Gasteiger partial charge >= 0.3 is 7.12 Å². The molecule has 0 aliphatic carbocycles. The molecule has 0 saturated carbocycles. The Morgan fingerprint density at radius 1 is 1.04 bits per heavy atom. The summed E-state index contributed by atoms with van der Waals surface area (Å²) in [7, 11) is -0.316. The zero-order valence-electron chi connectivity index (χ0n) is 14.9. The Labute approximate surface area is 139 Å². The van der Waals surface area contributed by atoms with Gasteiger partial charge in [-0.05, 0) is 58.6 Å². The molecule has 3 rings (SSSR count). The van der Waals surface area contributed by atoms with Crippen LogP contribution in [0.5, 0.6) is 0 Å². The smallest absolute Gasteiger partial charge is 0.399 e. The average Bonchev–Trinajstić information content (AvgIpc) is 2.96. The third-order valence-corrected chi connectivity index (χ3v) is 5.14. The van der Waals surface area contributed by atoms with E-state index in [1.165, 1.54) is 5.69 Å². The molecular weight excluding hydrogens is 287 g/mol. The van der Waals surface area contributed by atoms with Gasteiger partial charge in [0.2, 0.25) is 0 Å². The number of benzene rings is 1. The number of hydrogen-bond donors (Lipinski definition) is 0. The molecule has 1 aromatic carbocycles. The van der Waals surface area contributed by atoms with Crippen molar-refractivity contribution in [3.05, 3.63) is 42.0 Å². The van der Waals surface area contributed by atoms with Crippen LogP contribution in [0.3, 0.4) is 0 Å². The lowest BCUT2D eigenvalue weighted by Crippen LogP contribution is -2.41. The Morgan fingerprint density at radius 2 is 1.61 bits per heavy atom. The summed E-state index contributed by atoms with van der Waals surface area (Å²) in [5.74, 6) is 0. The van der Waals surface area contributed by atoms with Crippen LogP contribution in [0.1, 0.15) is 46.0 Å². The monoisotopic (exact) mass is 312 g/mol. The zero-order chi connectivity index (χ0) is 16.8. The summed E-state index contributed by atoms with van der Waals surface area (Å²) in [5, 5.41) is 0. The van der Waals surface area contributed by atoms with Crippen LogP contribution in [-0.4, -0.2) is 27.9 Å². The molecule has 1 aliphatic rings. The van der Waals surface area contributed by atoms with Crippen LogP contribution in [0, 0.1) is 6.92 Å². The highest BCUT2D eigenvalue weighted by atomic mass is 16.7. The Morgan fingerprint density at radius 3 is 2.09 bits per heavy atom. The van der Waals surface area contributed by atoms with E-state index < -0.39 is 0 Å². The standard InChI is InChI=1S/C18H25BN2O2/c1-7-16-13(2)21(12-20-16)15-10-8-14(9-11-15)19-22-17(3,4)18(5,6)23-19/h8-12H,7H2,1-6H3. The van der Waals surface area contributed by atoms with Gasteiger partial charge in [-0.3, -0.25) is 0 Å². The van der Waals surface area contributed by atoms with Gasteiger partial charge in [-0.15, -0.1) is 0 Å². The van der Waals surface area contributed by atoms with Crippen molar-refractivity contribution in [2.24, 2.45) is 0 Å². The summed E-state index contributed by atoms with van der Waals surface area (Å²) < 4.78 is 14.3. The predicted octanol–water partition coefficient (Wildman–Crippen LogP) is 3.04. The van der Waals surface area contributed by atoms with E-state index in [4.69, 9.17) is 9.31 Å². The van der Waals surface area contributed by atoms with Gasteiger partial charge in [0.25, 0.3) is 0 Å². The molecule has 0 spiro atoms. The summed E-state index contributed by atoms with van der Waals surface area (Å²) >= 11 is 0. The minimum absolute atomic E-state index is 0.312. The topological polar surface area (TPSA) is 36.3 Å². The second-order valence-electron chi connectivity index (χ2n) is 7.18. The molecule has 1 saturated heterocycles. The van der Waals surface area contributed by atoms with Crippen LogP contribution in [0.2, 0.25) is 0 Å². The van der Waals surface area contributed by atoms with Gasteiger partial charge in [-0.25, -0.2) is 4.98 Å². The molecule has 0 radical (unpaired) electrons. The van der Waals surface area contributed by atoms with E-state index >= 15 is 0 Å². The highest BCUT2D eigenvalue weighted by Gasteiger charge is 2.51. The van der Waals surface area contributed by atoms with Crippen molar-refractivity contribution in [2.45, 2.75) is 59.2 Å². The van der Waals surface area contributed by atoms with Gasteiger partial charge in [0.05, 0.1) is 23.2 Å². The number of rotatable bonds is 3. The van der Waals surface area contributed by atoms with Crippen LogP contribution < -0.4 is 5.46 Å². The van der Waals surface area contributed by atoms with E-state index in [1.54, 1.807) is 0 Å². The van der Waals surface area contributed by atoms with Crippen molar-refractivity contribution in [2.75, 3.05) is 0 Å². The molecule has 4 nitrogen and oxygen atoms in total. The van der Waals surface area contributed by atoms with Crippen molar-refractivity contribution in [1.29, 1.82) is 0 Å². The van der Waals surface area contributed by atoms with E-state index in [0.717, 1.165) is 23.3 Å². The van der Waals surface area contributed by atoms with Crippen LogP contribution in [-0.2, 0) is 15.7 Å². The van der Waals surface area contributed by atoms with E-state index in [0.29, 0.717) is 0 Å². The van der Waals surface area contributed by atoms with Crippen molar-refractivity contribution >= 4 is 12.6 Å². The van der Waals surface area contributed by atoms with Gasteiger partial charge in [0, 0.05) is 11.4 Å². The Kier molecular flexibility index (Phi) is 3.89. The first-order chi connectivity index (χ1) is 10.7. The average molecular weight is 312 g/mol. The second kappa shape index (κ2) is 5.50. The highest BCUT2D eigenvalue weighted by Crippen LogP contribution is 2.36. The molecule has 0 atom stereocenters. The summed E-state index contributed by atoms with van der Waals surface area (Å²) in [6, 6.07) is 8.33. The first-order valence-electron chi connectivity index (χ1n) is 8.24. The third-order valence-electron chi connectivity index (χ3n) is 5.14. The summed E-state index contributed by atoms with van der Waals surface area (Å²) in [4.78, 5) is 4.46. The van der Waals surface area contributed by atoms with Gasteiger partial charge < -0.3 is 13.9 Å². The van der Waals surface area contributed by atoms with Crippen molar-refractivity contribution < 1.29 is 9.31 Å². The van der Waals surface area contributed by atoms with Crippen LogP contribution >= 0.6 is 0 Å². The van der Waals surface area contributed by atoms with Crippen LogP contribution in [0.25, 0.3) is 5.69 Å². The van der Waals surface area contributed by atoms with E-state index in [-0.39, 0.29) is 18.3 Å². The van der Waals surface area contributed by atoms with Gasteiger partial charge in [0.1, 0.15) is 0 Å². The molecule has 23 heavy (non-hydrogen) atoms. The minimum atomic E-state index is -0.316. The number of hydrogen-bond acceptors (Lipinski definition) is 3. The normalized spacial score (nSPS) is 19.3. The fraction of sp³-hybridized carbons (Fsp3) is 0.500. The number of aromatic nitrogens is 2. The van der Waals surface area contributed by atoms with Crippen LogP contribution in [0.4, 0.5) is 0 Å². The minimum Gasteiger partial charge on any atom is -0.399 e. The van der Waals surface area contributed by atoms with Gasteiger partial charge in [0.15, 0.2) is 0 Å². The van der Waals surface area contributed by atoms with Crippen molar-refractivity contribution in [1.82, 2.24) is 9.55 Å². The number of aryl methyl sites for hydroxylation is 1. The van der Waals surface area contributed by atoms with Crippen molar-refractivity contribution in [3.8, 4) is 5.69 Å². The fourth-order valence-corrected chi connectivity index (χ4v) is 2.83. The Bertz CT molecular complexity index is 688. The summed E-state index contributed by atoms with van der Waals surface area (Å²) in [6.45, 7) is 12.5. The fourth-order valence-electron chi connectivity index (χ4n) is 2.83. The largest absolute Gasteiger partial charge is 0.494 e. The third kappa shape index (κ3) is 2.72. The van der Waals surface area contributed by atoms with E-state index in [1.807, 2.05) is 6.33 Å².